The van der Waals surface area contributed by atoms with E-state index in [1.165, 1.54) is 0 Å². The van der Waals surface area contributed by atoms with E-state index < -0.39 is 5.91 Å². The maximum Gasteiger partial charge on any atom is 0.250 e. The Kier molecular flexibility index (Phi) is 3.05. The molecule has 0 aliphatic carbocycles. The van der Waals surface area contributed by atoms with Gasteiger partial charge in [-0.05, 0) is 19.1 Å². The first-order valence-electron chi connectivity index (χ1n) is 5.28. The SMILES string of the molecule is Cc1nc(N2CCOCC2)ccc1C(N)=O. The summed E-state index contributed by atoms with van der Waals surface area (Å²) in [4.78, 5) is 17.6. The molecule has 1 aromatic heterocycles. The van der Waals surface area contributed by atoms with Crippen LogP contribution in [0.15, 0.2) is 12.1 Å². The molecule has 86 valence electrons. The fourth-order valence-electron chi connectivity index (χ4n) is 1.78. The van der Waals surface area contributed by atoms with Crippen molar-refractivity contribution in [2.24, 2.45) is 5.73 Å². The van der Waals surface area contributed by atoms with Crippen LogP contribution in [0.5, 0.6) is 0 Å². The Bertz CT molecular complexity index is 400. The van der Waals surface area contributed by atoms with E-state index in [-0.39, 0.29) is 0 Å². The second-order valence-corrected chi connectivity index (χ2v) is 3.77. The summed E-state index contributed by atoms with van der Waals surface area (Å²) in [5, 5.41) is 0. The number of hydrogen-bond acceptors (Lipinski definition) is 4. The van der Waals surface area contributed by atoms with Gasteiger partial charge in [-0.2, -0.15) is 0 Å². The number of pyridine rings is 1. The molecule has 0 atom stereocenters. The summed E-state index contributed by atoms with van der Waals surface area (Å²) in [6.45, 7) is 4.91. The summed E-state index contributed by atoms with van der Waals surface area (Å²) in [6, 6.07) is 3.56. The maximum atomic E-state index is 11.1. The van der Waals surface area contributed by atoms with Gasteiger partial charge in [-0.25, -0.2) is 4.98 Å². The first-order valence-corrected chi connectivity index (χ1v) is 5.28. The van der Waals surface area contributed by atoms with E-state index in [1.54, 1.807) is 13.0 Å². The van der Waals surface area contributed by atoms with Crippen LogP contribution >= 0.6 is 0 Å². The van der Waals surface area contributed by atoms with Crippen molar-refractivity contribution in [3.05, 3.63) is 23.4 Å². The van der Waals surface area contributed by atoms with Crippen LogP contribution in [-0.4, -0.2) is 37.2 Å². The van der Waals surface area contributed by atoms with Gasteiger partial charge in [0, 0.05) is 13.1 Å². The quantitative estimate of drug-likeness (QED) is 0.781. The lowest BCUT2D eigenvalue weighted by Gasteiger charge is -2.28. The number of anilines is 1. The summed E-state index contributed by atoms with van der Waals surface area (Å²) in [5.41, 5.74) is 6.39. The van der Waals surface area contributed by atoms with Crippen LogP contribution in [0.3, 0.4) is 0 Å². The number of primary amides is 1. The Morgan fingerprint density at radius 1 is 1.44 bits per heavy atom. The Labute approximate surface area is 94.2 Å². The van der Waals surface area contributed by atoms with Crippen molar-refractivity contribution >= 4 is 11.7 Å². The Morgan fingerprint density at radius 3 is 2.69 bits per heavy atom. The summed E-state index contributed by atoms with van der Waals surface area (Å²) in [5.74, 6) is 0.448. The highest BCUT2D eigenvalue weighted by atomic mass is 16.5. The zero-order chi connectivity index (χ0) is 11.5. The molecular weight excluding hydrogens is 206 g/mol. The third-order valence-corrected chi connectivity index (χ3v) is 2.67. The number of rotatable bonds is 2. The molecule has 0 unspecified atom stereocenters. The van der Waals surface area contributed by atoms with Crippen molar-refractivity contribution in [2.45, 2.75) is 6.92 Å². The lowest BCUT2D eigenvalue weighted by molar-refractivity contribution is 0.0999. The molecule has 1 aliphatic heterocycles. The van der Waals surface area contributed by atoms with Crippen molar-refractivity contribution < 1.29 is 9.53 Å². The molecule has 0 aromatic carbocycles. The van der Waals surface area contributed by atoms with Crippen LogP contribution in [0.25, 0.3) is 0 Å². The van der Waals surface area contributed by atoms with Crippen LogP contribution in [0.2, 0.25) is 0 Å². The van der Waals surface area contributed by atoms with E-state index >= 15 is 0 Å². The Morgan fingerprint density at radius 2 is 2.12 bits per heavy atom. The summed E-state index contributed by atoms with van der Waals surface area (Å²) in [6.07, 6.45) is 0. The van der Waals surface area contributed by atoms with Crippen LogP contribution in [-0.2, 0) is 4.74 Å². The highest BCUT2D eigenvalue weighted by Crippen LogP contribution is 2.15. The predicted molar refractivity (Wildman–Crippen MR) is 60.5 cm³/mol. The molecule has 1 fully saturated rings. The lowest BCUT2D eigenvalue weighted by atomic mass is 10.2. The van der Waals surface area contributed by atoms with E-state index in [0.29, 0.717) is 11.3 Å². The summed E-state index contributed by atoms with van der Waals surface area (Å²) in [7, 11) is 0. The number of amides is 1. The molecule has 16 heavy (non-hydrogen) atoms. The second-order valence-electron chi connectivity index (χ2n) is 3.77. The number of carbonyl (C=O) groups excluding carboxylic acids is 1. The standard InChI is InChI=1S/C11H15N3O2/c1-8-9(11(12)15)2-3-10(13-8)14-4-6-16-7-5-14/h2-3H,4-7H2,1H3,(H2,12,15). The van der Waals surface area contributed by atoms with E-state index in [9.17, 15) is 4.79 Å². The Balaban J connectivity index is 2.23. The van der Waals surface area contributed by atoms with Crippen LogP contribution in [0, 0.1) is 6.92 Å². The van der Waals surface area contributed by atoms with Gasteiger partial charge in [-0.3, -0.25) is 4.79 Å². The van der Waals surface area contributed by atoms with Crippen molar-refractivity contribution in [3.63, 3.8) is 0 Å². The van der Waals surface area contributed by atoms with Gasteiger partial charge in [0.15, 0.2) is 0 Å². The molecule has 1 amide bonds. The van der Waals surface area contributed by atoms with E-state index in [1.807, 2.05) is 6.07 Å². The van der Waals surface area contributed by atoms with Gasteiger partial charge in [0.2, 0.25) is 0 Å². The third-order valence-electron chi connectivity index (χ3n) is 2.67. The predicted octanol–water partition coefficient (Wildman–Crippen LogP) is 0.326. The zero-order valence-corrected chi connectivity index (χ0v) is 9.27. The van der Waals surface area contributed by atoms with Crippen molar-refractivity contribution in [2.75, 3.05) is 31.2 Å². The highest BCUT2D eigenvalue weighted by Gasteiger charge is 2.14. The number of ether oxygens (including phenoxy) is 1. The van der Waals surface area contributed by atoms with Gasteiger partial charge >= 0.3 is 0 Å². The highest BCUT2D eigenvalue weighted by molar-refractivity contribution is 5.94. The lowest BCUT2D eigenvalue weighted by Crippen LogP contribution is -2.36. The van der Waals surface area contributed by atoms with E-state index in [0.717, 1.165) is 32.1 Å². The van der Waals surface area contributed by atoms with E-state index in [2.05, 4.69) is 9.88 Å². The largest absolute Gasteiger partial charge is 0.378 e. The fraction of sp³-hybridized carbons (Fsp3) is 0.455. The van der Waals surface area contributed by atoms with Crippen molar-refractivity contribution in [3.8, 4) is 0 Å². The minimum absolute atomic E-state index is 0.432. The number of carbonyl (C=O) groups is 1. The molecule has 0 saturated carbocycles. The molecule has 2 heterocycles. The molecule has 1 aromatic rings. The molecule has 2 rings (SSSR count). The zero-order valence-electron chi connectivity index (χ0n) is 9.27. The normalized spacial score (nSPS) is 16.2. The molecule has 0 spiro atoms. The molecular formula is C11H15N3O2. The molecule has 5 heteroatoms. The minimum atomic E-state index is -0.432. The molecule has 2 N–H and O–H groups in total. The van der Waals surface area contributed by atoms with Crippen LogP contribution < -0.4 is 10.6 Å². The minimum Gasteiger partial charge on any atom is -0.378 e. The van der Waals surface area contributed by atoms with Gasteiger partial charge in [0.25, 0.3) is 5.91 Å². The van der Waals surface area contributed by atoms with Gasteiger partial charge < -0.3 is 15.4 Å². The molecule has 5 nitrogen and oxygen atoms in total. The average molecular weight is 221 g/mol. The number of nitrogens with two attached hydrogens (primary N) is 1. The molecule has 1 aliphatic rings. The smallest absolute Gasteiger partial charge is 0.250 e. The van der Waals surface area contributed by atoms with Gasteiger partial charge in [-0.15, -0.1) is 0 Å². The number of aryl methyl sites for hydroxylation is 1. The van der Waals surface area contributed by atoms with Gasteiger partial charge in [0.05, 0.1) is 24.5 Å². The summed E-state index contributed by atoms with van der Waals surface area (Å²) < 4.78 is 5.27. The van der Waals surface area contributed by atoms with E-state index in [4.69, 9.17) is 10.5 Å². The monoisotopic (exact) mass is 221 g/mol. The Hall–Kier alpha value is -1.62. The first kappa shape index (κ1) is 10.9. The fourth-order valence-corrected chi connectivity index (χ4v) is 1.78. The van der Waals surface area contributed by atoms with Crippen molar-refractivity contribution in [1.29, 1.82) is 0 Å². The number of morpholine rings is 1. The van der Waals surface area contributed by atoms with Gasteiger partial charge in [-0.1, -0.05) is 0 Å². The molecule has 0 radical (unpaired) electrons. The average Bonchev–Trinajstić information content (AvgIpc) is 2.29. The maximum absolute atomic E-state index is 11.1. The van der Waals surface area contributed by atoms with Crippen LogP contribution in [0.1, 0.15) is 16.1 Å². The van der Waals surface area contributed by atoms with Crippen LogP contribution in [0.4, 0.5) is 5.82 Å². The number of aromatic nitrogens is 1. The second kappa shape index (κ2) is 4.49. The molecule has 1 saturated heterocycles. The third kappa shape index (κ3) is 2.14. The number of hydrogen-bond donors (Lipinski definition) is 1. The van der Waals surface area contributed by atoms with Crippen molar-refractivity contribution in [1.82, 2.24) is 4.98 Å². The number of nitrogens with zero attached hydrogens (tertiary/aromatic N) is 2. The molecule has 0 bridgehead atoms. The van der Waals surface area contributed by atoms with Gasteiger partial charge in [0.1, 0.15) is 5.82 Å². The topological polar surface area (TPSA) is 68.5 Å². The summed E-state index contributed by atoms with van der Waals surface area (Å²) >= 11 is 0. The first-order chi connectivity index (χ1) is 7.68.